The highest BCUT2D eigenvalue weighted by Gasteiger charge is 2.44. The fourth-order valence-corrected chi connectivity index (χ4v) is 12.2. The number of urea groups is 1. The van der Waals surface area contributed by atoms with Gasteiger partial charge in [0.15, 0.2) is 0 Å². The van der Waals surface area contributed by atoms with Crippen LogP contribution < -0.4 is 37.6 Å². The number of amides is 11. The summed E-state index contributed by atoms with van der Waals surface area (Å²) in [6.07, 6.45) is 2.26. The molecule has 2 aromatic rings. The van der Waals surface area contributed by atoms with Crippen LogP contribution in [-0.4, -0.2) is 198 Å². The average molecular weight is 1320 g/mol. The summed E-state index contributed by atoms with van der Waals surface area (Å²) < 4.78 is 18.0. The summed E-state index contributed by atoms with van der Waals surface area (Å²) >= 11 is 0. The quantitative estimate of drug-likeness (QED) is 0.0256. The van der Waals surface area contributed by atoms with Gasteiger partial charge in [-0.15, -0.1) is 0 Å². The van der Waals surface area contributed by atoms with E-state index in [1.165, 1.54) is 38.3 Å². The van der Waals surface area contributed by atoms with E-state index in [9.17, 15) is 58.2 Å². The van der Waals surface area contributed by atoms with Crippen molar-refractivity contribution < 1.29 is 72.4 Å². The summed E-state index contributed by atoms with van der Waals surface area (Å²) in [7, 11) is 6.20. The molecule has 0 spiro atoms. The molecule has 2 aromatic carbocycles. The summed E-state index contributed by atoms with van der Waals surface area (Å²) in [5.41, 5.74) is 6.86. The summed E-state index contributed by atoms with van der Waals surface area (Å²) in [6, 6.07) is 9.07. The fourth-order valence-electron chi connectivity index (χ4n) is 12.2. The smallest absolute Gasteiger partial charge is 0.312 e. The topological polar surface area (TPSA) is 350 Å². The van der Waals surface area contributed by atoms with Crippen LogP contribution in [0, 0.1) is 29.6 Å². The standard InChI is InChI=1S/C68H107N11O15/c1-15-43(8)59(51(92-13)38-55(83)78-37-23-27-50(78)61(93-14)44(9)62(85)71-45(10)60(84)47-24-18-16-19-25-47)76(11)66(89)57(41(4)5)75-65(88)58(42(6)7)77(12)68(91)94-39-46-29-31-48(32-30-46)72-63(86)49(26-22-35-70-67(69)90)73-64(87)56(40(2)3)74-52(80)28-20-17-21-36-79-53(81)33-34-54(79)82/h16,18-19,24-25,29-34,40-45,49-51,56-61,68,84,91H,15,17,20-23,26-28,35-39H2,1-14H3,(H,71,85)(H,72,86)(H,73,87)(H,74,80)(H,75,88)(H3,69,70,90)/t43-,44+,45+,49-,50-,51+,56+,57-,58-,59-,60+,61+,68?/m0/s1. The molecule has 524 valence electrons. The molecule has 13 atom stereocenters. The number of hydrogen-bond acceptors (Lipinski definition) is 16. The number of rotatable bonds is 40. The number of aliphatic hydroxyl groups is 2. The first-order valence-electron chi connectivity index (χ1n) is 33.0. The van der Waals surface area contributed by atoms with E-state index in [1.54, 1.807) is 94.8 Å². The summed E-state index contributed by atoms with van der Waals surface area (Å²) in [5.74, 6) is -5.79. The number of methoxy groups -OCH3 is 2. The third-order valence-electron chi connectivity index (χ3n) is 17.8. The first-order valence-corrected chi connectivity index (χ1v) is 33.0. The van der Waals surface area contributed by atoms with Crippen LogP contribution in [0.2, 0.25) is 0 Å². The molecule has 2 aliphatic rings. The minimum atomic E-state index is -1.60. The lowest BCUT2D eigenvalue weighted by atomic mass is 9.89. The lowest BCUT2D eigenvalue weighted by molar-refractivity contribution is -0.208. The van der Waals surface area contributed by atoms with Gasteiger partial charge in [0.05, 0.1) is 61.4 Å². The van der Waals surface area contributed by atoms with Gasteiger partial charge in [-0.2, -0.15) is 0 Å². The van der Waals surface area contributed by atoms with E-state index in [1.807, 2.05) is 45.9 Å². The van der Waals surface area contributed by atoms with E-state index in [-0.39, 0.29) is 92.7 Å². The van der Waals surface area contributed by atoms with E-state index in [0.717, 1.165) is 4.90 Å². The molecule has 4 rings (SSSR count). The van der Waals surface area contributed by atoms with Crippen molar-refractivity contribution in [1.29, 1.82) is 0 Å². The minimum absolute atomic E-state index is 0.0827. The predicted molar refractivity (Wildman–Crippen MR) is 354 cm³/mol. The number of primary amides is 1. The van der Waals surface area contributed by atoms with Crippen molar-refractivity contribution in [3.63, 3.8) is 0 Å². The lowest BCUT2D eigenvalue weighted by Crippen LogP contribution is -2.60. The Labute approximate surface area is 554 Å². The van der Waals surface area contributed by atoms with Crippen LogP contribution in [0.4, 0.5) is 10.5 Å². The molecule has 1 saturated heterocycles. The molecule has 0 radical (unpaired) electrons. The largest absolute Gasteiger partial charge is 0.386 e. The van der Waals surface area contributed by atoms with Gasteiger partial charge in [-0.1, -0.05) is 118 Å². The lowest BCUT2D eigenvalue weighted by Gasteiger charge is -2.41. The molecule has 0 aliphatic carbocycles. The normalized spacial score (nSPS) is 17.9. The van der Waals surface area contributed by atoms with Crippen LogP contribution in [0.5, 0.6) is 0 Å². The number of likely N-dealkylation sites (N-methyl/N-ethyl adjacent to an activating group) is 2. The molecule has 26 heteroatoms. The van der Waals surface area contributed by atoms with Gasteiger partial charge in [-0.3, -0.25) is 48.1 Å². The highest BCUT2D eigenvalue weighted by Crippen LogP contribution is 2.31. The molecule has 1 unspecified atom stereocenters. The van der Waals surface area contributed by atoms with Crippen molar-refractivity contribution in [3.05, 3.63) is 77.9 Å². The summed E-state index contributed by atoms with van der Waals surface area (Å²) in [6.45, 7) is 18.9. The van der Waals surface area contributed by atoms with Crippen molar-refractivity contribution >= 4 is 64.9 Å². The van der Waals surface area contributed by atoms with Gasteiger partial charge in [0.2, 0.25) is 47.8 Å². The number of benzene rings is 2. The third kappa shape index (κ3) is 23.2. The van der Waals surface area contributed by atoms with Crippen molar-refractivity contribution in [3.8, 4) is 0 Å². The van der Waals surface area contributed by atoms with Gasteiger partial charge >= 0.3 is 6.03 Å². The highest BCUT2D eigenvalue weighted by molar-refractivity contribution is 6.12. The molecule has 0 aromatic heterocycles. The van der Waals surface area contributed by atoms with E-state index in [4.69, 9.17) is 19.9 Å². The van der Waals surface area contributed by atoms with Gasteiger partial charge in [0.25, 0.3) is 11.8 Å². The maximum atomic E-state index is 14.8. The zero-order valence-corrected chi connectivity index (χ0v) is 57.6. The zero-order chi connectivity index (χ0) is 70.1. The molecule has 2 aliphatic heterocycles. The van der Waals surface area contributed by atoms with Gasteiger partial charge in [-0.25, -0.2) is 9.69 Å². The fraction of sp³-hybridized carbons (Fsp3) is 0.647. The second-order valence-electron chi connectivity index (χ2n) is 25.9. The van der Waals surface area contributed by atoms with Crippen LogP contribution in [0.25, 0.3) is 0 Å². The zero-order valence-electron chi connectivity index (χ0n) is 57.6. The Hall–Kier alpha value is -7.36. The maximum Gasteiger partial charge on any atom is 0.312 e. The number of aliphatic hydroxyl groups excluding tert-OH is 2. The summed E-state index contributed by atoms with van der Waals surface area (Å²) in [4.78, 5) is 139. The number of nitrogens with two attached hydrogens (primary N) is 1. The first kappa shape index (κ1) is 79.1. The SMILES string of the molecule is CC[C@H](C)[C@@H]([C@@H](CC(=O)N1CCC[C@H]1[C@H](OC)[C@@H](C)C(=O)N[C@H](C)[C@@H](O)c1ccccc1)OC)N(C)C(=O)[C@@H](NC(=O)[C@H](C(C)C)N(C)C(O)OCc1ccc(NC(=O)[C@H](CCCNC(N)=O)NC(=O)[C@H](NC(=O)CCCCCN2C(=O)C=CC2=O)C(C)C)cc1)C(C)C. The number of anilines is 1. The van der Waals surface area contributed by atoms with Crippen LogP contribution in [0.1, 0.15) is 151 Å². The van der Waals surface area contributed by atoms with E-state index >= 15 is 0 Å². The number of imide groups is 1. The second-order valence-corrected chi connectivity index (χ2v) is 25.9. The molecule has 1 fully saturated rings. The number of nitrogens with zero attached hydrogens (tertiary/aromatic N) is 4. The van der Waals surface area contributed by atoms with Crippen LogP contribution in [-0.2, 0) is 64.0 Å². The van der Waals surface area contributed by atoms with E-state index in [2.05, 4.69) is 31.9 Å². The molecule has 11 amide bonds. The van der Waals surface area contributed by atoms with Gasteiger partial charge in [0, 0.05) is 65.2 Å². The molecule has 94 heavy (non-hydrogen) atoms. The Morgan fingerprint density at radius 2 is 1.36 bits per heavy atom. The molecular weight excluding hydrogens is 1210 g/mol. The second kappa shape index (κ2) is 38.9. The van der Waals surface area contributed by atoms with E-state index in [0.29, 0.717) is 61.9 Å². The first-order chi connectivity index (χ1) is 44.5. The number of unbranched alkanes of at least 4 members (excludes halogenated alkanes) is 2. The van der Waals surface area contributed by atoms with Crippen molar-refractivity contribution in [2.24, 2.45) is 35.3 Å². The predicted octanol–water partition coefficient (Wildman–Crippen LogP) is 4.23. The molecule has 0 bridgehead atoms. The van der Waals surface area contributed by atoms with Crippen LogP contribution >= 0.6 is 0 Å². The average Bonchev–Trinajstić information content (AvgIpc) is 1.33. The number of likely N-dealkylation sites (tertiary alicyclic amines) is 1. The number of nitrogens with one attached hydrogen (secondary N) is 6. The van der Waals surface area contributed by atoms with Gasteiger partial charge in [-0.05, 0) is 99.4 Å². The molecule has 26 nitrogen and oxygen atoms in total. The third-order valence-corrected chi connectivity index (χ3v) is 17.8. The Bertz CT molecular complexity index is 2830. The number of carbonyl (C=O) groups is 10. The summed E-state index contributed by atoms with van der Waals surface area (Å²) in [5, 5.41) is 39.1. The molecule has 10 N–H and O–H groups in total. The number of hydrogen-bond donors (Lipinski definition) is 9. The number of carbonyl (C=O) groups excluding carboxylic acids is 10. The van der Waals surface area contributed by atoms with Crippen LogP contribution in [0.15, 0.2) is 66.7 Å². The van der Waals surface area contributed by atoms with Crippen molar-refractivity contribution in [2.45, 2.75) is 207 Å². The Morgan fingerprint density at radius 1 is 0.723 bits per heavy atom. The monoisotopic (exact) mass is 1320 g/mol. The number of ether oxygens (including phenoxy) is 3. The Balaban J connectivity index is 1.37. The molecule has 0 saturated carbocycles. The van der Waals surface area contributed by atoms with Crippen LogP contribution in [0.3, 0.4) is 0 Å². The minimum Gasteiger partial charge on any atom is -0.386 e. The van der Waals surface area contributed by atoms with E-state index < -0.39 is 109 Å². The van der Waals surface area contributed by atoms with Crippen molar-refractivity contribution in [2.75, 3.05) is 53.3 Å². The molecule has 2 heterocycles. The van der Waals surface area contributed by atoms with Gasteiger partial charge in [0.1, 0.15) is 18.1 Å². The maximum absolute atomic E-state index is 14.8. The molecular formula is C68H107N11O15. The Kier molecular flexibility index (Phi) is 32.7. The van der Waals surface area contributed by atoms with Gasteiger partial charge < -0.3 is 71.9 Å². The highest BCUT2D eigenvalue weighted by atomic mass is 16.6. The van der Waals surface area contributed by atoms with Crippen molar-refractivity contribution in [1.82, 2.24) is 46.2 Å². The Morgan fingerprint density at radius 3 is 1.94 bits per heavy atom.